The topological polar surface area (TPSA) is 61.2 Å². The summed E-state index contributed by atoms with van der Waals surface area (Å²) in [5, 5.41) is 3.45. The molecule has 0 aliphatic heterocycles. The number of ether oxygens (including phenoxy) is 2. The van der Waals surface area contributed by atoms with Crippen molar-refractivity contribution in [1.82, 2.24) is 19.9 Å². The fourth-order valence-corrected chi connectivity index (χ4v) is 3.12. The van der Waals surface area contributed by atoms with Crippen LogP contribution in [0.2, 0.25) is 0 Å². The summed E-state index contributed by atoms with van der Waals surface area (Å²) >= 11 is 0. The lowest BCUT2D eigenvalue weighted by molar-refractivity contribution is 0.143. The summed E-state index contributed by atoms with van der Waals surface area (Å²) in [6, 6.07) is 20.6. The summed E-state index contributed by atoms with van der Waals surface area (Å²) < 4.78 is 12.5. The number of hydrogen-bond donors (Lipinski definition) is 1. The normalized spacial score (nSPS) is 11.1. The third-order valence-electron chi connectivity index (χ3n) is 4.66. The fraction of sp³-hybridized carbons (Fsp3) is 0.217. The molecule has 29 heavy (non-hydrogen) atoms. The highest BCUT2D eigenvalue weighted by atomic mass is 16.5. The number of nitrogens with one attached hydrogen (secondary N) is 1. The van der Waals surface area contributed by atoms with Gasteiger partial charge in [0.2, 0.25) is 5.88 Å². The highest BCUT2D eigenvalue weighted by molar-refractivity contribution is 5.77. The van der Waals surface area contributed by atoms with Gasteiger partial charge in [-0.1, -0.05) is 30.3 Å². The van der Waals surface area contributed by atoms with Crippen molar-refractivity contribution in [1.29, 1.82) is 0 Å². The second-order valence-electron chi connectivity index (χ2n) is 6.72. The van der Waals surface area contributed by atoms with Crippen LogP contribution in [0.4, 0.5) is 0 Å². The molecule has 0 aliphatic carbocycles. The zero-order valence-corrected chi connectivity index (χ0v) is 16.4. The van der Waals surface area contributed by atoms with E-state index < -0.39 is 0 Å². The monoisotopic (exact) mass is 388 g/mol. The van der Waals surface area contributed by atoms with Crippen molar-refractivity contribution in [2.24, 2.45) is 0 Å². The second-order valence-corrected chi connectivity index (χ2v) is 6.72. The molecule has 4 aromatic rings. The van der Waals surface area contributed by atoms with Crippen molar-refractivity contribution in [3.63, 3.8) is 0 Å². The molecule has 0 atom stereocenters. The number of methoxy groups -OCH3 is 1. The molecule has 1 N–H and O–H groups in total. The average molecular weight is 388 g/mol. The molecule has 0 saturated carbocycles. The Hall–Kier alpha value is -3.22. The molecular formula is C23H24N4O2. The van der Waals surface area contributed by atoms with E-state index in [0.717, 1.165) is 35.4 Å². The first-order valence-corrected chi connectivity index (χ1v) is 9.62. The van der Waals surface area contributed by atoms with E-state index >= 15 is 0 Å². The van der Waals surface area contributed by atoms with Crippen LogP contribution in [-0.4, -0.2) is 34.9 Å². The van der Waals surface area contributed by atoms with Gasteiger partial charge in [-0.05, 0) is 35.4 Å². The summed E-state index contributed by atoms with van der Waals surface area (Å²) in [6.45, 7) is 2.60. The number of aromatic nitrogens is 3. The van der Waals surface area contributed by atoms with Crippen LogP contribution in [0.5, 0.6) is 5.88 Å². The maximum atomic E-state index is 5.48. The lowest BCUT2D eigenvalue weighted by Crippen LogP contribution is -2.13. The van der Waals surface area contributed by atoms with Gasteiger partial charge in [0.15, 0.2) is 0 Å². The summed E-state index contributed by atoms with van der Waals surface area (Å²) in [7, 11) is 1.65. The van der Waals surface area contributed by atoms with Crippen LogP contribution in [0.25, 0.3) is 16.7 Å². The molecule has 2 aromatic heterocycles. The highest BCUT2D eigenvalue weighted by Gasteiger charge is 2.04. The van der Waals surface area contributed by atoms with E-state index in [9.17, 15) is 0 Å². The van der Waals surface area contributed by atoms with Crippen LogP contribution in [0, 0.1) is 0 Å². The summed E-state index contributed by atoms with van der Waals surface area (Å²) in [5.41, 5.74) is 5.56. The minimum absolute atomic E-state index is 0.506. The highest BCUT2D eigenvalue weighted by Crippen LogP contribution is 2.18. The van der Waals surface area contributed by atoms with E-state index in [4.69, 9.17) is 9.47 Å². The van der Waals surface area contributed by atoms with Gasteiger partial charge >= 0.3 is 0 Å². The Morgan fingerprint density at radius 1 is 0.862 bits per heavy atom. The molecule has 0 aliphatic rings. The molecule has 4 rings (SSSR count). The minimum Gasteiger partial charge on any atom is -0.475 e. The molecule has 0 saturated heterocycles. The van der Waals surface area contributed by atoms with Gasteiger partial charge in [0, 0.05) is 38.1 Å². The van der Waals surface area contributed by atoms with E-state index in [0.29, 0.717) is 19.1 Å². The van der Waals surface area contributed by atoms with Crippen LogP contribution >= 0.6 is 0 Å². The van der Waals surface area contributed by atoms with Gasteiger partial charge in [0.05, 0.1) is 17.6 Å². The number of benzene rings is 2. The summed E-state index contributed by atoms with van der Waals surface area (Å²) in [4.78, 5) is 8.77. The van der Waals surface area contributed by atoms with Crippen LogP contribution < -0.4 is 10.1 Å². The van der Waals surface area contributed by atoms with Crippen LogP contribution in [0.3, 0.4) is 0 Å². The average Bonchev–Trinajstić information content (AvgIpc) is 3.20. The number of nitrogens with zero attached hydrogens (tertiary/aromatic N) is 3. The van der Waals surface area contributed by atoms with Gasteiger partial charge in [-0.3, -0.25) is 4.57 Å². The molecular weight excluding hydrogens is 364 g/mol. The van der Waals surface area contributed by atoms with Gasteiger partial charge < -0.3 is 14.8 Å². The van der Waals surface area contributed by atoms with E-state index in [1.807, 2.05) is 42.9 Å². The number of fused-ring (bicyclic) bond motifs is 1. The Morgan fingerprint density at radius 3 is 2.45 bits per heavy atom. The third-order valence-corrected chi connectivity index (χ3v) is 4.66. The molecule has 2 aromatic carbocycles. The first-order chi connectivity index (χ1) is 14.3. The lowest BCUT2D eigenvalue weighted by Gasteiger charge is -2.08. The molecule has 6 nitrogen and oxygen atoms in total. The molecule has 0 amide bonds. The molecule has 0 unspecified atom stereocenters. The Bertz CT molecular complexity index is 1040. The predicted octanol–water partition coefficient (Wildman–Crippen LogP) is 3.74. The van der Waals surface area contributed by atoms with Crippen molar-refractivity contribution in [3.05, 3.63) is 84.3 Å². The molecule has 0 fully saturated rings. The van der Waals surface area contributed by atoms with Crippen molar-refractivity contribution >= 4 is 11.0 Å². The van der Waals surface area contributed by atoms with Crippen molar-refractivity contribution < 1.29 is 9.47 Å². The summed E-state index contributed by atoms with van der Waals surface area (Å²) in [5.74, 6) is 0.619. The van der Waals surface area contributed by atoms with Gasteiger partial charge in [0.1, 0.15) is 12.9 Å². The zero-order valence-electron chi connectivity index (χ0n) is 16.4. The van der Waals surface area contributed by atoms with Crippen LogP contribution in [-0.2, 0) is 17.8 Å². The fourth-order valence-electron chi connectivity index (χ4n) is 3.12. The SMILES string of the molecule is COCCOc1ccc(CNCc2ccc(-n3cnc4ccccc43)cc2)cn1. The van der Waals surface area contributed by atoms with Crippen LogP contribution in [0.1, 0.15) is 11.1 Å². The number of imidazole rings is 1. The minimum atomic E-state index is 0.506. The quantitative estimate of drug-likeness (QED) is 0.443. The molecule has 0 radical (unpaired) electrons. The number of rotatable bonds is 9. The van der Waals surface area contributed by atoms with E-state index in [-0.39, 0.29) is 0 Å². The standard InChI is InChI=1S/C23H24N4O2/c1-28-12-13-29-23-11-8-19(16-25-23)15-24-14-18-6-9-20(10-7-18)27-17-26-21-4-2-3-5-22(21)27/h2-11,16-17,24H,12-15H2,1H3. The second kappa shape index (κ2) is 9.32. The molecule has 6 heteroatoms. The van der Waals surface area contributed by atoms with E-state index in [1.165, 1.54) is 5.56 Å². The number of pyridine rings is 1. The molecule has 148 valence electrons. The largest absolute Gasteiger partial charge is 0.475 e. The Morgan fingerprint density at radius 2 is 1.66 bits per heavy atom. The van der Waals surface area contributed by atoms with Crippen molar-refractivity contribution in [2.75, 3.05) is 20.3 Å². The Labute approximate surface area is 170 Å². The van der Waals surface area contributed by atoms with Gasteiger partial charge in [-0.2, -0.15) is 0 Å². The van der Waals surface area contributed by atoms with Gasteiger partial charge in [0.25, 0.3) is 0 Å². The maximum absolute atomic E-state index is 5.48. The lowest BCUT2D eigenvalue weighted by atomic mass is 10.2. The van der Waals surface area contributed by atoms with Gasteiger partial charge in [-0.25, -0.2) is 9.97 Å². The Balaban J connectivity index is 1.30. The Kier molecular flexibility index (Phi) is 6.14. The smallest absolute Gasteiger partial charge is 0.213 e. The first-order valence-electron chi connectivity index (χ1n) is 9.62. The zero-order chi connectivity index (χ0) is 19.9. The molecule has 0 bridgehead atoms. The first kappa shape index (κ1) is 19.1. The molecule has 0 spiro atoms. The number of para-hydroxylation sites is 2. The van der Waals surface area contributed by atoms with Crippen molar-refractivity contribution in [2.45, 2.75) is 13.1 Å². The van der Waals surface area contributed by atoms with Crippen molar-refractivity contribution in [3.8, 4) is 11.6 Å². The maximum Gasteiger partial charge on any atom is 0.213 e. The van der Waals surface area contributed by atoms with Gasteiger partial charge in [-0.15, -0.1) is 0 Å². The molecule has 2 heterocycles. The predicted molar refractivity (Wildman–Crippen MR) is 113 cm³/mol. The summed E-state index contributed by atoms with van der Waals surface area (Å²) in [6.07, 6.45) is 3.70. The van der Waals surface area contributed by atoms with E-state index in [1.54, 1.807) is 7.11 Å². The van der Waals surface area contributed by atoms with Crippen LogP contribution in [0.15, 0.2) is 73.2 Å². The number of hydrogen-bond acceptors (Lipinski definition) is 5. The van der Waals surface area contributed by atoms with E-state index in [2.05, 4.69) is 50.2 Å². The third kappa shape index (κ3) is 4.80.